The Morgan fingerprint density at radius 3 is 2.46 bits per heavy atom. The lowest BCUT2D eigenvalue weighted by Gasteiger charge is -2.51. The minimum absolute atomic E-state index is 0.246. The fourth-order valence-corrected chi connectivity index (χ4v) is 6.19. The number of anilines is 1. The van der Waals surface area contributed by atoms with Crippen molar-refractivity contribution in [2.45, 2.75) is 57.5 Å². The molecule has 0 bridgehead atoms. The van der Waals surface area contributed by atoms with E-state index in [0.717, 1.165) is 55.0 Å². The third-order valence-corrected chi connectivity index (χ3v) is 7.88. The molecule has 4 heterocycles. The molecule has 0 N–H and O–H groups in total. The van der Waals surface area contributed by atoms with Gasteiger partial charge in [-0.25, -0.2) is 0 Å². The van der Waals surface area contributed by atoms with Gasteiger partial charge in [-0.05, 0) is 51.3 Å². The fourth-order valence-electron chi connectivity index (χ4n) is 6.19. The zero-order chi connectivity index (χ0) is 24.4. The smallest absolute Gasteiger partial charge is 0.234 e. The normalized spacial score (nSPS) is 23.2. The molecule has 178 valence electrons. The molecular weight excluding hydrogens is 436 g/mol. The van der Waals surface area contributed by atoms with Crippen molar-refractivity contribution in [2.24, 2.45) is 5.41 Å². The number of benzene rings is 1. The van der Waals surface area contributed by atoms with E-state index in [0.29, 0.717) is 24.1 Å². The molecule has 7 nitrogen and oxygen atoms in total. The van der Waals surface area contributed by atoms with Gasteiger partial charge in [-0.15, -0.1) is 0 Å². The molecular formula is C28H30N6O. The quantitative estimate of drug-likeness (QED) is 0.657. The molecule has 0 radical (unpaired) electrons. The summed E-state index contributed by atoms with van der Waals surface area (Å²) in [6.07, 6.45) is 5.70. The van der Waals surface area contributed by atoms with Crippen molar-refractivity contribution < 1.29 is 4.74 Å². The molecule has 2 atom stereocenters. The van der Waals surface area contributed by atoms with Crippen LogP contribution in [0.15, 0.2) is 30.3 Å². The zero-order valence-corrected chi connectivity index (χ0v) is 20.2. The van der Waals surface area contributed by atoms with E-state index < -0.39 is 5.41 Å². The number of pyridine rings is 1. The van der Waals surface area contributed by atoms with E-state index in [2.05, 4.69) is 28.0 Å². The number of rotatable bonds is 4. The summed E-state index contributed by atoms with van der Waals surface area (Å²) in [6.45, 7) is 5.19. The van der Waals surface area contributed by atoms with Crippen LogP contribution in [0.1, 0.15) is 50.2 Å². The lowest BCUT2D eigenvalue weighted by molar-refractivity contribution is 0.113. The van der Waals surface area contributed by atoms with Gasteiger partial charge in [0.25, 0.3) is 0 Å². The van der Waals surface area contributed by atoms with Gasteiger partial charge in [-0.2, -0.15) is 20.8 Å². The van der Waals surface area contributed by atoms with E-state index in [1.54, 1.807) is 0 Å². The minimum atomic E-state index is -1.20. The van der Waals surface area contributed by atoms with Gasteiger partial charge in [-0.1, -0.05) is 36.8 Å². The van der Waals surface area contributed by atoms with Crippen molar-refractivity contribution in [3.8, 4) is 35.2 Å². The first kappa shape index (κ1) is 23.2. The van der Waals surface area contributed by atoms with Gasteiger partial charge in [-0.3, -0.25) is 0 Å². The molecule has 1 aromatic heterocycles. The highest BCUT2D eigenvalue weighted by Crippen LogP contribution is 2.49. The van der Waals surface area contributed by atoms with Crippen LogP contribution in [0.25, 0.3) is 11.1 Å². The molecule has 5 rings (SSSR count). The lowest BCUT2D eigenvalue weighted by Crippen LogP contribution is -2.59. The number of piperidine rings is 2. The summed E-state index contributed by atoms with van der Waals surface area (Å²) in [6, 6.07) is 17.0. The van der Waals surface area contributed by atoms with Crippen molar-refractivity contribution in [2.75, 3.05) is 31.1 Å². The summed E-state index contributed by atoms with van der Waals surface area (Å²) in [5, 5.41) is 30.9. The van der Waals surface area contributed by atoms with Crippen LogP contribution in [0, 0.1) is 39.4 Å². The number of fused-ring (bicyclic) bond motifs is 3. The van der Waals surface area contributed by atoms with Crippen LogP contribution in [0.4, 0.5) is 5.82 Å². The molecule has 2 fully saturated rings. The summed E-state index contributed by atoms with van der Waals surface area (Å²) in [7, 11) is 0. The number of hydrogen-bond donors (Lipinski definition) is 0. The summed E-state index contributed by atoms with van der Waals surface area (Å²) in [5.74, 6) is 1.08. The first-order chi connectivity index (χ1) is 17.2. The Kier molecular flexibility index (Phi) is 6.33. The van der Waals surface area contributed by atoms with Gasteiger partial charge >= 0.3 is 0 Å². The highest BCUT2D eigenvalue weighted by atomic mass is 16.5. The SMILES string of the molecule is CCOc1nc2c(c(-c3ccccc3)c1C#N)CC(C#N)(C#N)[C@H]1C[C@@H](N3CCCCC3)CCN21. The van der Waals surface area contributed by atoms with Crippen molar-refractivity contribution in [1.82, 2.24) is 9.88 Å². The Morgan fingerprint density at radius 2 is 1.80 bits per heavy atom. The van der Waals surface area contributed by atoms with E-state index in [9.17, 15) is 15.8 Å². The van der Waals surface area contributed by atoms with Gasteiger partial charge in [0.2, 0.25) is 5.88 Å². The molecule has 0 amide bonds. The molecule has 0 saturated carbocycles. The van der Waals surface area contributed by atoms with Crippen LogP contribution < -0.4 is 9.64 Å². The van der Waals surface area contributed by atoms with Crippen molar-refractivity contribution in [3.05, 3.63) is 41.5 Å². The zero-order valence-electron chi connectivity index (χ0n) is 20.2. The number of aromatic nitrogens is 1. The van der Waals surface area contributed by atoms with Crippen LogP contribution >= 0.6 is 0 Å². The van der Waals surface area contributed by atoms with E-state index in [4.69, 9.17) is 9.72 Å². The second-order valence-corrected chi connectivity index (χ2v) is 9.74. The molecule has 0 aliphatic carbocycles. The number of ether oxygens (including phenoxy) is 1. The van der Waals surface area contributed by atoms with E-state index in [1.165, 1.54) is 19.3 Å². The number of nitriles is 3. The van der Waals surface area contributed by atoms with Crippen molar-refractivity contribution in [3.63, 3.8) is 0 Å². The maximum absolute atomic E-state index is 10.4. The van der Waals surface area contributed by atoms with E-state index >= 15 is 0 Å². The van der Waals surface area contributed by atoms with Gasteiger partial charge < -0.3 is 14.5 Å². The molecule has 35 heavy (non-hydrogen) atoms. The summed E-state index contributed by atoms with van der Waals surface area (Å²) < 4.78 is 5.86. The van der Waals surface area contributed by atoms with E-state index in [1.807, 2.05) is 37.3 Å². The van der Waals surface area contributed by atoms with Crippen molar-refractivity contribution >= 4 is 5.82 Å². The molecule has 3 aliphatic rings. The van der Waals surface area contributed by atoms with Crippen LogP contribution in [-0.4, -0.2) is 48.2 Å². The predicted molar refractivity (Wildman–Crippen MR) is 132 cm³/mol. The lowest BCUT2D eigenvalue weighted by atomic mass is 9.68. The minimum Gasteiger partial charge on any atom is -0.477 e. The standard InChI is InChI=1S/C28H30N6O/c1-2-35-27-23(17-29)25(20-9-5-3-6-10-20)22-16-28(18-30,19-31)24-15-21(33-12-7-4-8-13-33)11-14-34(24)26(22)32-27/h3,5-6,9-10,21,24H,2,4,7-8,11-16H2,1H3/t21-,24+/m0/s1. The second kappa shape index (κ2) is 9.57. The second-order valence-electron chi connectivity index (χ2n) is 9.74. The number of likely N-dealkylation sites (tertiary alicyclic amines) is 1. The maximum Gasteiger partial charge on any atom is 0.234 e. The molecule has 2 aromatic rings. The first-order valence-corrected chi connectivity index (χ1v) is 12.6. The largest absolute Gasteiger partial charge is 0.477 e. The Morgan fingerprint density at radius 1 is 1.06 bits per heavy atom. The Balaban J connectivity index is 1.67. The molecule has 2 saturated heterocycles. The van der Waals surface area contributed by atoms with Gasteiger partial charge in [0.1, 0.15) is 17.5 Å². The fraction of sp³-hybridized carbons (Fsp3) is 0.500. The average Bonchev–Trinajstić information content (AvgIpc) is 2.93. The van der Waals surface area contributed by atoms with Crippen LogP contribution in [0.3, 0.4) is 0 Å². The van der Waals surface area contributed by atoms with Crippen LogP contribution in [0.2, 0.25) is 0 Å². The van der Waals surface area contributed by atoms with Gasteiger partial charge in [0.05, 0.1) is 24.8 Å². The first-order valence-electron chi connectivity index (χ1n) is 12.6. The summed E-state index contributed by atoms with van der Waals surface area (Å²) >= 11 is 0. The summed E-state index contributed by atoms with van der Waals surface area (Å²) in [5.41, 5.74) is 1.56. The molecule has 7 heteroatoms. The van der Waals surface area contributed by atoms with E-state index in [-0.39, 0.29) is 12.5 Å². The highest BCUT2D eigenvalue weighted by Gasteiger charge is 2.52. The molecule has 0 spiro atoms. The topological polar surface area (TPSA) is 100.0 Å². The van der Waals surface area contributed by atoms with Crippen LogP contribution in [0.5, 0.6) is 5.88 Å². The Bertz CT molecular complexity index is 1200. The third kappa shape index (κ3) is 3.89. The molecule has 0 unspecified atom stereocenters. The number of hydrogen-bond acceptors (Lipinski definition) is 7. The molecule has 3 aliphatic heterocycles. The summed E-state index contributed by atoms with van der Waals surface area (Å²) in [4.78, 5) is 9.59. The van der Waals surface area contributed by atoms with Gasteiger partial charge in [0, 0.05) is 30.1 Å². The molecule has 1 aromatic carbocycles. The monoisotopic (exact) mass is 466 g/mol. The number of nitrogens with zero attached hydrogens (tertiary/aromatic N) is 6. The maximum atomic E-state index is 10.4. The van der Waals surface area contributed by atoms with Gasteiger partial charge in [0.15, 0.2) is 5.41 Å². The third-order valence-electron chi connectivity index (χ3n) is 7.88. The Hall–Kier alpha value is -3.60. The van der Waals surface area contributed by atoms with Crippen LogP contribution in [-0.2, 0) is 6.42 Å². The predicted octanol–water partition coefficient (Wildman–Crippen LogP) is 4.43. The average molecular weight is 467 g/mol. The highest BCUT2D eigenvalue weighted by molar-refractivity contribution is 5.82. The Labute approximate surface area is 207 Å². The van der Waals surface area contributed by atoms with Crippen molar-refractivity contribution in [1.29, 1.82) is 15.8 Å².